The summed E-state index contributed by atoms with van der Waals surface area (Å²) in [5.74, 6) is 0.168. The summed E-state index contributed by atoms with van der Waals surface area (Å²) in [5.41, 5.74) is 0.939. The van der Waals surface area contributed by atoms with E-state index >= 15 is 0 Å². The summed E-state index contributed by atoms with van der Waals surface area (Å²) in [7, 11) is -3.14. The van der Waals surface area contributed by atoms with Crippen LogP contribution in [0.3, 0.4) is 0 Å². The average Bonchev–Trinajstić information content (AvgIpc) is 2.78. The van der Waals surface area contributed by atoms with E-state index in [4.69, 9.17) is 4.74 Å². The Morgan fingerprint density at radius 1 is 1.29 bits per heavy atom. The number of hydrogen-bond acceptors (Lipinski definition) is 5. The normalized spacial score (nSPS) is 27.2. The Balaban J connectivity index is 1.73. The first-order valence-electron chi connectivity index (χ1n) is 8.71. The van der Waals surface area contributed by atoms with E-state index in [1.807, 2.05) is 24.4 Å². The first-order chi connectivity index (χ1) is 11.5. The Hall–Kier alpha value is -1.02. The largest absolute Gasteiger partial charge is 0.379 e. The Morgan fingerprint density at radius 2 is 2.17 bits per heavy atom. The van der Waals surface area contributed by atoms with Crippen molar-refractivity contribution in [3.63, 3.8) is 0 Å². The summed E-state index contributed by atoms with van der Waals surface area (Å²) in [6, 6.07) is 5.96. The van der Waals surface area contributed by atoms with E-state index in [1.54, 1.807) is 11.2 Å². The third-order valence-corrected chi connectivity index (χ3v) is 6.84. The van der Waals surface area contributed by atoms with Gasteiger partial charge in [0.2, 0.25) is 10.0 Å². The van der Waals surface area contributed by atoms with Crippen LogP contribution in [0.15, 0.2) is 24.4 Å². The second-order valence-electron chi connectivity index (χ2n) is 6.92. The van der Waals surface area contributed by atoms with Gasteiger partial charge in [-0.15, -0.1) is 0 Å². The van der Waals surface area contributed by atoms with Crippen molar-refractivity contribution in [3.05, 3.63) is 30.1 Å². The minimum Gasteiger partial charge on any atom is -0.379 e. The van der Waals surface area contributed by atoms with E-state index in [2.05, 4.69) is 9.88 Å². The molecule has 0 saturated carbocycles. The number of rotatable bonds is 4. The highest BCUT2D eigenvalue weighted by atomic mass is 32.2. The maximum Gasteiger partial charge on any atom is 0.213 e. The fourth-order valence-electron chi connectivity index (χ4n) is 3.77. The van der Waals surface area contributed by atoms with Gasteiger partial charge in [-0.05, 0) is 31.9 Å². The summed E-state index contributed by atoms with van der Waals surface area (Å²) >= 11 is 0. The number of pyridine rings is 1. The number of ether oxygens (including phenoxy) is 1. The molecule has 2 aliphatic rings. The maximum atomic E-state index is 12.3. The van der Waals surface area contributed by atoms with Gasteiger partial charge in [0, 0.05) is 44.3 Å². The predicted molar refractivity (Wildman–Crippen MR) is 93.0 cm³/mol. The second kappa shape index (κ2) is 7.47. The van der Waals surface area contributed by atoms with Crippen molar-refractivity contribution in [3.8, 4) is 0 Å². The Kier molecular flexibility index (Phi) is 5.54. The molecule has 1 aromatic rings. The quantitative estimate of drug-likeness (QED) is 0.818. The molecule has 3 rings (SSSR count). The molecule has 7 heteroatoms. The van der Waals surface area contributed by atoms with Crippen LogP contribution in [-0.2, 0) is 21.3 Å². The zero-order valence-corrected chi connectivity index (χ0v) is 15.2. The fraction of sp³-hybridized carbons (Fsp3) is 0.706. The molecule has 3 heterocycles. The summed E-state index contributed by atoms with van der Waals surface area (Å²) in [6.07, 6.45) is 3.73. The SMILES string of the molecule is CCS(=O)(=O)N1CCC[C@@]2(COCCN(Cc3ccccn3)C2)C1. The van der Waals surface area contributed by atoms with Gasteiger partial charge in [-0.25, -0.2) is 12.7 Å². The van der Waals surface area contributed by atoms with Crippen LogP contribution in [0, 0.1) is 5.41 Å². The van der Waals surface area contributed by atoms with Crippen molar-refractivity contribution in [1.29, 1.82) is 0 Å². The second-order valence-corrected chi connectivity index (χ2v) is 9.18. The smallest absolute Gasteiger partial charge is 0.213 e. The van der Waals surface area contributed by atoms with Crippen molar-refractivity contribution in [2.45, 2.75) is 26.3 Å². The van der Waals surface area contributed by atoms with Crippen molar-refractivity contribution in [1.82, 2.24) is 14.2 Å². The lowest BCUT2D eigenvalue weighted by molar-refractivity contribution is 0.0281. The molecule has 0 aromatic carbocycles. The lowest BCUT2D eigenvalue weighted by Gasteiger charge is -2.42. The molecule has 0 amide bonds. The van der Waals surface area contributed by atoms with Crippen LogP contribution in [0.1, 0.15) is 25.5 Å². The average molecular weight is 353 g/mol. The van der Waals surface area contributed by atoms with Gasteiger partial charge in [0.1, 0.15) is 0 Å². The Bertz CT molecular complexity index is 638. The van der Waals surface area contributed by atoms with Gasteiger partial charge in [-0.1, -0.05) is 6.07 Å². The highest BCUT2D eigenvalue weighted by Gasteiger charge is 2.41. The van der Waals surface area contributed by atoms with E-state index in [1.165, 1.54) is 0 Å². The topological polar surface area (TPSA) is 62.7 Å². The molecule has 0 radical (unpaired) electrons. The highest BCUT2D eigenvalue weighted by Crippen LogP contribution is 2.34. The van der Waals surface area contributed by atoms with Gasteiger partial charge in [0.15, 0.2) is 0 Å². The number of piperidine rings is 1. The zero-order valence-electron chi connectivity index (χ0n) is 14.4. The summed E-state index contributed by atoms with van der Waals surface area (Å²) in [5, 5.41) is 0. The fourth-order valence-corrected chi connectivity index (χ4v) is 5.01. The molecule has 134 valence electrons. The Morgan fingerprint density at radius 3 is 2.92 bits per heavy atom. The van der Waals surface area contributed by atoms with E-state index in [-0.39, 0.29) is 11.2 Å². The monoisotopic (exact) mass is 353 g/mol. The van der Waals surface area contributed by atoms with Gasteiger partial charge >= 0.3 is 0 Å². The van der Waals surface area contributed by atoms with E-state index in [0.29, 0.717) is 26.3 Å². The lowest BCUT2D eigenvalue weighted by Crippen LogP contribution is -2.52. The first kappa shape index (κ1) is 17.8. The molecule has 1 aromatic heterocycles. The molecule has 0 bridgehead atoms. The van der Waals surface area contributed by atoms with Crippen LogP contribution in [0.5, 0.6) is 0 Å². The molecule has 0 unspecified atom stereocenters. The molecule has 6 nitrogen and oxygen atoms in total. The van der Waals surface area contributed by atoms with E-state index in [0.717, 1.165) is 38.2 Å². The predicted octanol–water partition coefficient (Wildman–Crippen LogP) is 1.35. The molecular weight excluding hydrogens is 326 g/mol. The third kappa shape index (κ3) is 4.14. The van der Waals surface area contributed by atoms with Crippen LogP contribution < -0.4 is 0 Å². The molecule has 1 spiro atoms. The molecule has 0 aliphatic carbocycles. The van der Waals surface area contributed by atoms with Gasteiger partial charge in [0.05, 0.1) is 24.7 Å². The van der Waals surface area contributed by atoms with Crippen LogP contribution in [0.4, 0.5) is 0 Å². The summed E-state index contributed by atoms with van der Waals surface area (Å²) in [6.45, 7) is 6.76. The molecule has 2 fully saturated rings. The molecule has 0 N–H and O–H groups in total. The first-order valence-corrected chi connectivity index (χ1v) is 10.3. The molecule has 2 aliphatic heterocycles. The minimum absolute atomic E-state index is 0.105. The number of sulfonamides is 1. The van der Waals surface area contributed by atoms with Gasteiger partial charge in [-0.2, -0.15) is 0 Å². The Labute approximate surface area is 144 Å². The van der Waals surface area contributed by atoms with E-state index in [9.17, 15) is 8.42 Å². The van der Waals surface area contributed by atoms with Gasteiger partial charge < -0.3 is 4.74 Å². The molecular formula is C17H27N3O3S. The standard InChI is InChI=1S/C17H27N3O3S/c1-2-24(21,22)20-9-5-7-17(14-20)13-19(10-11-23-15-17)12-16-6-3-4-8-18-16/h3-4,6,8H,2,5,7,9-15H2,1H3/t17-/m0/s1. The minimum atomic E-state index is -3.14. The van der Waals surface area contributed by atoms with Crippen LogP contribution in [-0.4, -0.2) is 67.8 Å². The maximum absolute atomic E-state index is 12.3. The van der Waals surface area contributed by atoms with Crippen molar-refractivity contribution >= 4 is 10.0 Å². The zero-order chi connectivity index (χ0) is 17.0. The van der Waals surface area contributed by atoms with E-state index < -0.39 is 10.0 Å². The number of aromatic nitrogens is 1. The molecule has 24 heavy (non-hydrogen) atoms. The third-order valence-electron chi connectivity index (χ3n) is 5.02. The van der Waals surface area contributed by atoms with Gasteiger partial charge in [0.25, 0.3) is 0 Å². The highest BCUT2D eigenvalue weighted by molar-refractivity contribution is 7.89. The number of hydrogen-bond donors (Lipinski definition) is 0. The number of nitrogens with zero attached hydrogens (tertiary/aromatic N) is 3. The van der Waals surface area contributed by atoms with Crippen molar-refractivity contribution in [2.24, 2.45) is 5.41 Å². The van der Waals surface area contributed by atoms with Crippen LogP contribution in [0.25, 0.3) is 0 Å². The lowest BCUT2D eigenvalue weighted by atomic mass is 9.81. The van der Waals surface area contributed by atoms with Crippen LogP contribution in [0.2, 0.25) is 0 Å². The molecule has 1 atom stereocenters. The van der Waals surface area contributed by atoms with Crippen molar-refractivity contribution in [2.75, 3.05) is 45.1 Å². The summed E-state index contributed by atoms with van der Waals surface area (Å²) < 4.78 is 32.1. The summed E-state index contributed by atoms with van der Waals surface area (Å²) in [4.78, 5) is 6.77. The van der Waals surface area contributed by atoms with Crippen molar-refractivity contribution < 1.29 is 13.2 Å². The molecule has 2 saturated heterocycles. The van der Waals surface area contributed by atoms with Crippen LogP contribution >= 0.6 is 0 Å². The van der Waals surface area contributed by atoms with Gasteiger partial charge in [-0.3, -0.25) is 9.88 Å².